The molecule has 144 valence electrons. The highest BCUT2D eigenvalue weighted by Crippen LogP contribution is 2.46. The van der Waals surface area contributed by atoms with Crippen molar-refractivity contribution in [1.82, 2.24) is 20.2 Å². The SMILES string of the molecule is O=C(C1=CC2(CCNCC2)c2ccccc21)N1CCN(c2cnccn2)CC1. The second kappa shape index (κ2) is 7.02. The molecule has 2 saturated heterocycles. The first-order chi connectivity index (χ1) is 13.8. The summed E-state index contributed by atoms with van der Waals surface area (Å²) in [5, 5.41) is 3.45. The molecule has 2 fully saturated rings. The molecule has 1 amide bonds. The topological polar surface area (TPSA) is 61.4 Å². The zero-order valence-electron chi connectivity index (χ0n) is 16.0. The summed E-state index contributed by atoms with van der Waals surface area (Å²) in [4.78, 5) is 26.2. The summed E-state index contributed by atoms with van der Waals surface area (Å²) in [6.07, 6.45) is 9.57. The van der Waals surface area contributed by atoms with Crippen LogP contribution in [-0.4, -0.2) is 60.0 Å². The van der Waals surface area contributed by atoms with Crippen LogP contribution in [-0.2, 0) is 10.2 Å². The maximum Gasteiger partial charge on any atom is 0.254 e. The molecule has 1 aromatic heterocycles. The Labute approximate surface area is 165 Å². The van der Waals surface area contributed by atoms with E-state index in [-0.39, 0.29) is 11.3 Å². The number of carbonyl (C=O) groups is 1. The third-order valence-corrected chi connectivity index (χ3v) is 6.34. The third-order valence-electron chi connectivity index (χ3n) is 6.34. The van der Waals surface area contributed by atoms with E-state index in [1.807, 2.05) is 11.0 Å². The number of piperazine rings is 1. The number of hydrogen-bond donors (Lipinski definition) is 1. The van der Waals surface area contributed by atoms with E-state index in [0.29, 0.717) is 13.1 Å². The van der Waals surface area contributed by atoms with Crippen LogP contribution < -0.4 is 10.2 Å². The van der Waals surface area contributed by atoms with E-state index in [1.165, 1.54) is 5.56 Å². The summed E-state index contributed by atoms with van der Waals surface area (Å²) in [5.74, 6) is 1.05. The summed E-state index contributed by atoms with van der Waals surface area (Å²) in [6, 6.07) is 8.48. The molecule has 5 rings (SSSR count). The highest BCUT2D eigenvalue weighted by atomic mass is 16.2. The van der Waals surface area contributed by atoms with Gasteiger partial charge in [0, 0.05) is 49.6 Å². The Morgan fingerprint density at radius 3 is 2.57 bits per heavy atom. The minimum absolute atomic E-state index is 0.0221. The summed E-state index contributed by atoms with van der Waals surface area (Å²) >= 11 is 0. The molecule has 0 radical (unpaired) electrons. The Kier molecular flexibility index (Phi) is 4.36. The molecule has 6 nitrogen and oxygen atoms in total. The molecule has 2 aliphatic heterocycles. The number of rotatable bonds is 2. The molecule has 2 aromatic rings. The van der Waals surface area contributed by atoms with Crippen molar-refractivity contribution in [3.63, 3.8) is 0 Å². The predicted octanol–water partition coefficient (Wildman–Crippen LogP) is 1.84. The molecule has 1 aromatic carbocycles. The van der Waals surface area contributed by atoms with Crippen LogP contribution in [0.25, 0.3) is 5.57 Å². The van der Waals surface area contributed by atoms with E-state index in [1.54, 1.807) is 18.6 Å². The van der Waals surface area contributed by atoms with Crippen LogP contribution in [0.5, 0.6) is 0 Å². The number of hydrogen-bond acceptors (Lipinski definition) is 5. The number of benzene rings is 1. The van der Waals surface area contributed by atoms with Crippen LogP contribution in [0.4, 0.5) is 5.82 Å². The van der Waals surface area contributed by atoms with Gasteiger partial charge in [-0.3, -0.25) is 9.78 Å². The lowest BCUT2D eigenvalue weighted by molar-refractivity contribution is -0.125. The van der Waals surface area contributed by atoms with E-state index in [0.717, 1.165) is 56.0 Å². The van der Waals surface area contributed by atoms with Gasteiger partial charge in [-0.15, -0.1) is 0 Å². The number of nitrogens with one attached hydrogen (secondary N) is 1. The molecule has 0 bridgehead atoms. The van der Waals surface area contributed by atoms with Gasteiger partial charge in [0.15, 0.2) is 0 Å². The number of anilines is 1. The molecule has 6 heteroatoms. The maximum atomic E-state index is 13.4. The largest absolute Gasteiger partial charge is 0.352 e. The molecule has 3 heterocycles. The van der Waals surface area contributed by atoms with Gasteiger partial charge in [0.05, 0.1) is 6.20 Å². The van der Waals surface area contributed by atoms with Gasteiger partial charge in [0.25, 0.3) is 5.91 Å². The lowest BCUT2D eigenvalue weighted by atomic mass is 9.75. The standard InChI is InChI=1S/C22H25N5O/c28-21(27-13-11-26(12-14-27)20-16-24-9-10-25-20)18-15-22(5-7-23-8-6-22)19-4-2-1-3-17(18)19/h1-4,9-10,15-16,23H,5-8,11-14H2. The van der Waals surface area contributed by atoms with Crippen molar-refractivity contribution in [3.8, 4) is 0 Å². The second-order valence-electron chi connectivity index (χ2n) is 7.85. The minimum Gasteiger partial charge on any atom is -0.352 e. The van der Waals surface area contributed by atoms with Crippen LogP contribution in [0.2, 0.25) is 0 Å². The van der Waals surface area contributed by atoms with E-state index in [4.69, 9.17) is 0 Å². The minimum atomic E-state index is 0.0221. The fourth-order valence-electron chi connectivity index (χ4n) is 4.81. The Morgan fingerprint density at radius 2 is 1.82 bits per heavy atom. The van der Waals surface area contributed by atoms with Gasteiger partial charge in [0.1, 0.15) is 5.82 Å². The number of allylic oxidation sites excluding steroid dienone is 1. The first kappa shape index (κ1) is 17.4. The Bertz CT molecular complexity index is 896. The molecule has 0 saturated carbocycles. The van der Waals surface area contributed by atoms with E-state index >= 15 is 0 Å². The average Bonchev–Trinajstić information content (AvgIpc) is 3.08. The van der Waals surface area contributed by atoms with Crippen molar-refractivity contribution in [3.05, 3.63) is 60.1 Å². The number of carbonyl (C=O) groups excluding carboxylic acids is 1. The third kappa shape index (κ3) is 2.88. The summed E-state index contributed by atoms with van der Waals surface area (Å²) < 4.78 is 0. The molecule has 28 heavy (non-hydrogen) atoms. The van der Waals surface area contributed by atoms with Crippen molar-refractivity contribution < 1.29 is 4.79 Å². The second-order valence-corrected chi connectivity index (χ2v) is 7.85. The Morgan fingerprint density at radius 1 is 1.04 bits per heavy atom. The Hall–Kier alpha value is -2.73. The Balaban J connectivity index is 1.36. The number of nitrogens with zero attached hydrogens (tertiary/aromatic N) is 4. The van der Waals surface area contributed by atoms with E-state index < -0.39 is 0 Å². The lowest BCUT2D eigenvalue weighted by Crippen LogP contribution is -2.49. The molecular formula is C22H25N5O. The van der Waals surface area contributed by atoms with Gasteiger partial charge in [0.2, 0.25) is 0 Å². The highest BCUT2D eigenvalue weighted by molar-refractivity contribution is 6.21. The molecule has 0 unspecified atom stereocenters. The number of amides is 1. The van der Waals surface area contributed by atoms with E-state index in [9.17, 15) is 4.79 Å². The van der Waals surface area contributed by atoms with Gasteiger partial charge in [-0.1, -0.05) is 30.3 Å². The van der Waals surface area contributed by atoms with Gasteiger partial charge in [-0.25, -0.2) is 4.98 Å². The summed E-state index contributed by atoms with van der Waals surface area (Å²) in [7, 11) is 0. The smallest absolute Gasteiger partial charge is 0.254 e. The summed E-state index contributed by atoms with van der Waals surface area (Å²) in [5.41, 5.74) is 3.38. The first-order valence-corrected chi connectivity index (χ1v) is 10.1. The monoisotopic (exact) mass is 375 g/mol. The van der Waals surface area contributed by atoms with Crippen LogP contribution in [0, 0.1) is 0 Å². The average molecular weight is 375 g/mol. The number of piperidine rings is 1. The lowest BCUT2D eigenvalue weighted by Gasteiger charge is -2.35. The zero-order valence-corrected chi connectivity index (χ0v) is 16.0. The molecule has 1 spiro atoms. The van der Waals surface area contributed by atoms with Crippen molar-refractivity contribution in [2.45, 2.75) is 18.3 Å². The molecule has 3 aliphatic rings. The quantitative estimate of drug-likeness (QED) is 0.868. The van der Waals surface area contributed by atoms with Gasteiger partial charge >= 0.3 is 0 Å². The van der Waals surface area contributed by atoms with Gasteiger partial charge < -0.3 is 15.1 Å². The van der Waals surface area contributed by atoms with Crippen LogP contribution >= 0.6 is 0 Å². The molecule has 1 N–H and O–H groups in total. The normalized spacial score (nSPS) is 20.8. The molecule has 0 atom stereocenters. The van der Waals surface area contributed by atoms with Crippen LogP contribution in [0.15, 0.2) is 48.9 Å². The van der Waals surface area contributed by atoms with Gasteiger partial charge in [-0.05, 0) is 37.1 Å². The van der Waals surface area contributed by atoms with Crippen LogP contribution in [0.1, 0.15) is 24.0 Å². The zero-order chi connectivity index (χ0) is 19.0. The number of fused-ring (bicyclic) bond motifs is 2. The van der Waals surface area contributed by atoms with Crippen molar-refractivity contribution >= 4 is 17.3 Å². The van der Waals surface area contributed by atoms with Crippen molar-refractivity contribution in [1.29, 1.82) is 0 Å². The van der Waals surface area contributed by atoms with Gasteiger partial charge in [-0.2, -0.15) is 0 Å². The van der Waals surface area contributed by atoms with Crippen molar-refractivity contribution in [2.24, 2.45) is 0 Å². The molecule has 1 aliphatic carbocycles. The highest BCUT2D eigenvalue weighted by Gasteiger charge is 2.41. The maximum absolute atomic E-state index is 13.4. The van der Waals surface area contributed by atoms with E-state index in [2.05, 4.69) is 44.5 Å². The molecular weight excluding hydrogens is 350 g/mol. The summed E-state index contributed by atoms with van der Waals surface area (Å²) in [6.45, 7) is 5.00. The number of aromatic nitrogens is 2. The fraction of sp³-hybridized carbons (Fsp3) is 0.409. The van der Waals surface area contributed by atoms with Crippen LogP contribution in [0.3, 0.4) is 0 Å². The van der Waals surface area contributed by atoms with Crippen molar-refractivity contribution in [2.75, 3.05) is 44.2 Å². The fourth-order valence-corrected chi connectivity index (χ4v) is 4.81. The predicted molar refractivity (Wildman–Crippen MR) is 109 cm³/mol. The first-order valence-electron chi connectivity index (χ1n) is 10.1.